The van der Waals surface area contributed by atoms with Crippen LogP contribution in [0.1, 0.15) is 11.3 Å². The van der Waals surface area contributed by atoms with E-state index in [1.165, 1.54) is 4.90 Å². The molecule has 1 aromatic heterocycles. The lowest BCUT2D eigenvalue weighted by Crippen LogP contribution is -2.22. The van der Waals surface area contributed by atoms with Gasteiger partial charge < -0.3 is 10.8 Å². The Balaban J connectivity index is 2.30. The zero-order valence-electron chi connectivity index (χ0n) is 6.77. The second-order valence-electron chi connectivity index (χ2n) is 2.84. The number of nitrogens with zero attached hydrogens (tertiary/aromatic N) is 3. The number of hydrogen-bond donors (Lipinski definition) is 2. The fourth-order valence-electron chi connectivity index (χ4n) is 1.30. The number of fused-ring (bicyclic) bond motifs is 1. The molecule has 0 unspecified atom stereocenters. The highest BCUT2D eigenvalue weighted by atomic mass is 16.4. The minimum absolute atomic E-state index is 0.186. The molecule has 3 N–H and O–H groups in total. The summed E-state index contributed by atoms with van der Waals surface area (Å²) in [7, 11) is 0. The lowest BCUT2D eigenvalue weighted by atomic mass is 10.3. The van der Waals surface area contributed by atoms with Crippen molar-refractivity contribution in [2.75, 3.05) is 5.73 Å². The van der Waals surface area contributed by atoms with Gasteiger partial charge in [-0.25, -0.2) is 14.8 Å². The van der Waals surface area contributed by atoms with Crippen LogP contribution in [0.5, 0.6) is 0 Å². The highest BCUT2D eigenvalue weighted by Gasteiger charge is 2.24. The van der Waals surface area contributed by atoms with Crippen molar-refractivity contribution in [3.8, 4) is 0 Å². The molecule has 1 aliphatic heterocycles. The van der Waals surface area contributed by atoms with Crippen LogP contribution in [0, 0.1) is 0 Å². The van der Waals surface area contributed by atoms with Crippen molar-refractivity contribution in [3.05, 3.63) is 17.5 Å². The average molecular weight is 180 g/mol. The third kappa shape index (κ3) is 1.26. The van der Waals surface area contributed by atoms with Gasteiger partial charge in [0.25, 0.3) is 0 Å². The van der Waals surface area contributed by atoms with E-state index in [-0.39, 0.29) is 5.95 Å². The number of carbonyl (C=O) groups is 1. The zero-order chi connectivity index (χ0) is 9.42. The molecule has 0 saturated carbocycles. The Kier molecular flexibility index (Phi) is 1.54. The van der Waals surface area contributed by atoms with Gasteiger partial charge in [0.1, 0.15) is 0 Å². The molecule has 6 heteroatoms. The number of nitrogen functional groups attached to an aromatic ring is 1. The van der Waals surface area contributed by atoms with Crippen LogP contribution in [-0.2, 0) is 13.1 Å². The fourth-order valence-corrected chi connectivity index (χ4v) is 1.30. The van der Waals surface area contributed by atoms with Gasteiger partial charge in [-0.15, -0.1) is 0 Å². The van der Waals surface area contributed by atoms with Crippen LogP contribution in [0.15, 0.2) is 6.20 Å². The number of rotatable bonds is 0. The summed E-state index contributed by atoms with van der Waals surface area (Å²) in [5, 5.41) is 8.70. The quantitative estimate of drug-likeness (QED) is 0.588. The summed E-state index contributed by atoms with van der Waals surface area (Å²) in [6.07, 6.45) is 0.622. The molecule has 0 aliphatic carbocycles. The molecule has 0 bridgehead atoms. The first-order valence-electron chi connectivity index (χ1n) is 3.75. The number of amides is 1. The summed E-state index contributed by atoms with van der Waals surface area (Å²) >= 11 is 0. The molecule has 0 fully saturated rings. The van der Waals surface area contributed by atoms with Gasteiger partial charge in [0.05, 0.1) is 18.8 Å². The Hall–Kier alpha value is -1.85. The van der Waals surface area contributed by atoms with E-state index in [9.17, 15) is 4.79 Å². The Labute approximate surface area is 74.0 Å². The van der Waals surface area contributed by atoms with Gasteiger partial charge in [-0.2, -0.15) is 0 Å². The second-order valence-corrected chi connectivity index (χ2v) is 2.84. The molecule has 68 valence electrons. The molecular formula is C7H8N4O2. The van der Waals surface area contributed by atoms with Crippen LogP contribution in [-0.4, -0.2) is 26.1 Å². The van der Waals surface area contributed by atoms with Gasteiger partial charge >= 0.3 is 6.09 Å². The van der Waals surface area contributed by atoms with Gasteiger partial charge in [-0.3, -0.25) is 4.90 Å². The summed E-state index contributed by atoms with van der Waals surface area (Å²) in [5.41, 5.74) is 6.90. The van der Waals surface area contributed by atoms with Gasteiger partial charge in [0.2, 0.25) is 5.95 Å². The molecule has 0 aromatic carbocycles. The number of anilines is 1. The van der Waals surface area contributed by atoms with E-state index in [1.54, 1.807) is 6.20 Å². The number of aromatic nitrogens is 2. The van der Waals surface area contributed by atoms with E-state index in [0.717, 1.165) is 5.56 Å². The van der Waals surface area contributed by atoms with E-state index in [4.69, 9.17) is 10.8 Å². The van der Waals surface area contributed by atoms with E-state index in [1.807, 2.05) is 0 Å². The van der Waals surface area contributed by atoms with Crippen LogP contribution >= 0.6 is 0 Å². The first-order chi connectivity index (χ1) is 6.16. The van der Waals surface area contributed by atoms with Crippen LogP contribution in [0.25, 0.3) is 0 Å². The standard InChI is InChI=1S/C7H8N4O2/c8-6-9-1-4-2-11(7(12)13)3-5(4)10-6/h1H,2-3H2,(H,12,13)(H2,8,9,10). The fraction of sp³-hybridized carbons (Fsp3) is 0.286. The maximum atomic E-state index is 10.6. The maximum absolute atomic E-state index is 10.6. The summed E-state index contributed by atoms with van der Waals surface area (Å²) < 4.78 is 0. The minimum Gasteiger partial charge on any atom is -0.465 e. The molecular weight excluding hydrogens is 172 g/mol. The van der Waals surface area contributed by atoms with Crippen LogP contribution in [0.2, 0.25) is 0 Å². The molecule has 0 radical (unpaired) electrons. The normalized spacial score (nSPS) is 14.3. The van der Waals surface area contributed by atoms with Crippen molar-refractivity contribution >= 4 is 12.0 Å². The summed E-state index contributed by atoms with van der Waals surface area (Å²) in [4.78, 5) is 19.6. The number of hydrogen-bond acceptors (Lipinski definition) is 4. The molecule has 1 aliphatic rings. The summed E-state index contributed by atoms with van der Waals surface area (Å²) in [6, 6.07) is 0. The first-order valence-corrected chi connectivity index (χ1v) is 3.75. The topological polar surface area (TPSA) is 92.3 Å². The van der Waals surface area contributed by atoms with Crippen molar-refractivity contribution in [2.45, 2.75) is 13.1 Å². The van der Waals surface area contributed by atoms with Crippen molar-refractivity contribution in [3.63, 3.8) is 0 Å². The molecule has 2 rings (SSSR count). The van der Waals surface area contributed by atoms with Gasteiger partial charge in [0.15, 0.2) is 0 Å². The Bertz CT molecular complexity index is 366. The number of nitrogens with two attached hydrogens (primary N) is 1. The highest BCUT2D eigenvalue weighted by molar-refractivity contribution is 5.66. The van der Waals surface area contributed by atoms with Gasteiger partial charge in [0, 0.05) is 11.8 Å². The lowest BCUT2D eigenvalue weighted by Gasteiger charge is -2.07. The molecule has 13 heavy (non-hydrogen) atoms. The number of carboxylic acid groups (broad SMARTS) is 1. The molecule has 1 amide bonds. The monoisotopic (exact) mass is 180 g/mol. The predicted octanol–water partition coefficient (Wildman–Crippen LogP) is 0.0524. The molecule has 6 nitrogen and oxygen atoms in total. The van der Waals surface area contributed by atoms with E-state index in [2.05, 4.69) is 9.97 Å². The maximum Gasteiger partial charge on any atom is 0.407 e. The molecule has 1 aromatic rings. The van der Waals surface area contributed by atoms with Crippen LogP contribution < -0.4 is 5.73 Å². The van der Waals surface area contributed by atoms with Crippen molar-refractivity contribution in [1.82, 2.24) is 14.9 Å². The minimum atomic E-state index is -0.948. The van der Waals surface area contributed by atoms with Crippen molar-refractivity contribution in [2.24, 2.45) is 0 Å². The molecule has 2 heterocycles. The Morgan fingerprint density at radius 2 is 2.38 bits per heavy atom. The third-order valence-electron chi connectivity index (χ3n) is 1.95. The van der Waals surface area contributed by atoms with Crippen LogP contribution in [0.3, 0.4) is 0 Å². The van der Waals surface area contributed by atoms with Crippen molar-refractivity contribution < 1.29 is 9.90 Å². The molecule has 0 atom stereocenters. The highest BCUT2D eigenvalue weighted by Crippen LogP contribution is 2.20. The Morgan fingerprint density at radius 1 is 1.62 bits per heavy atom. The smallest absolute Gasteiger partial charge is 0.407 e. The van der Waals surface area contributed by atoms with Gasteiger partial charge in [-0.05, 0) is 0 Å². The van der Waals surface area contributed by atoms with Gasteiger partial charge in [-0.1, -0.05) is 0 Å². The van der Waals surface area contributed by atoms with Crippen LogP contribution in [0.4, 0.5) is 10.7 Å². The molecule has 0 saturated heterocycles. The average Bonchev–Trinajstić information content (AvgIpc) is 2.46. The zero-order valence-corrected chi connectivity index (χ0v) is 6.77. The van der Waals surface area contributed by atoms with E-state index in [0.29, 0.717) is 18.8 Å². The summed E-state index contributed by atoms with van der Waals surface area (Å²) in [5.74, 6) is 0.186. The predicted molar refractivity (Wildman–Crippen MR) is 43.7 cm³/mol. The van der Waals surface area contributed by atoms with E-state index < -0.39 is 6.09 Å². The summed E-state index contributed by atoms with van der Waals surface area (Å²) in [6.45, 7) is 0.655. The first kappa shape index (κ1) is 7.78. The largest absolute Gasteiger partial charge is 0.465 e. The molecule has 0 spiro atoms. The second kappa shape index (κ2) is 2.58. The SMILES string of the molecule is Nc1ncc2c(n1)CN(C(=O)O)C2. The van der Waals surface area contributed by atoms with Crippen molar-refractivity contribution in [1.29, 1.82) is 0 Å². The lowest BCUT2D eigenvalue weighted by molar-refractivity contribution is 0.145. The third-order valence-corrected chi connectivity index (χ3v) is 1.95. The Morgan fingerprint density at radius 3 is 3.08 bits per heavy atom. The van der Waals surface area contributed by atoms with E-state index >= 15 is 0 Å².